The Kier molecular flexibility index (Phi) is 4.08. The van der Waals surface area contributed by atoms with Crippen LogP contribution in [0, 0.1) is 0 Å². The van der Waals surface area contributed by atoms with Gasteiger partial charge in [-0.2, -0.15) is 0 Å². The van der Waals surface area contributed by atoms with Crippen LogP contribution < -0.4 is 5.32 Å². The molecule has 4 nitrogen and oxygen atoms in total. The topological polar surface area (TPSA) is 66.4 Å². The quantitative estimate of drug-likeness (QED) is 0.895. The number of amides is 1. The first-order valence-electron chi connectivity index (χ1n) is 7.37. The predicted molar refractivity (Wildman–Crippen MR) is 81.4 cm³/mol. The maximum absolute atomic E-state index is 12.3. The minimum atomic E-state index is -0.863. The molecule has 1 fully saturated rings. The van der Waals surface area contributed by atoms with E-state index in [2.05, 4.69) is 26.1 Å². The molecular weight excluding hydrogens is 266 g/mol. The first-order chi connectivity index (χ1) is 9.72. The maximum Gasteiger partial charge on any atom is 0.305 e. The van der Waals surface area contributed by atoms with Gasteiger partial charge in [-0.25, -0.2) is 0 Å². The number of carboxylic acid groups (broad SMARTS) is 1. The number of nitrogens with one attached hydrogen (secondary N) is 1. The smallest absolute Gasteiger partial charge is 0.305 e. The monoisotopic (exact) mass is 289 g/mol. The molecule has 1 amide bonds. The molecule has 2 N–H and O–H groups in total. The lowest BCUT2D eigenvalue weighted by Crippen LogP contribution is -2.54. The summed E-state index contributed by atoms with van der Waals surface area (Å²) in [5.41, 5.74) is 1.25. The molecule has 1 aromatic rings. The predicted octanol–water partition coefficient (Wildman–Crippen LogP) is 3.11. The van der Waals surface area contributed by atoms with E-state index in [9.17, 15) is 9.59 Å². The number of benzene rings is 1. The summed E-state index contributed by atoms with van der Waals surface area (Å²) in [5.74, 6) is -1.05. The number of rotatable bonds is 4. The Morgan fingerprint density at radius 3 is 2.14 bits per heavy atom. The van der Waals surface area contributed by atoms with E-state index in [0.717, 1.165) is 19.3 Å². The van der Waals surface area contributed by atoms with Crippen molar-refractivity contribution in [3.8, 4) is 0 Å². The van der Waals surface area contributed by atoms with Crippen LogP contribution in [0.15, 0.2) is 24.3 Å². The van der Waals surface area contributed by atoms with Crippen LogP contribution in [-0.4, -0.2) is 22.5 Å². The molecule has 1 aliphatic carbocycles. The Morgan fingerprint density at radius 1 is 1.19 bits per heavy atom. The van der Waals surface area contributed by atoms with Crippen molar-refractivity contribution in [3.05, 3.63) is 35.4 Å². The van der Waals surface area contributed by atoms with Crippen molar-refractivity contribution < 1.29 is 14.7 Å². The van der Waals surface area contributed by atoms with Crippen LogP contribution in [-0.2, 0) is 10.2 Å². The minimum Gasteiger partial charge on any atom is -0.481 e. The Balaban J connectivity index is 2.08. The summed E-state index contributed by atoms with van der Waals surface area (Å²) in [6.07, 6.45) is 2.45. The Labute approximate surface area is 125 Å². The standard InChI is InChI=1S/C17H23NO3/c1-16(2,3)13-7-5-12(6-8-13)15(21)18-17(9-4-10-17)11-14(19)20/h5-8H,4,9-11H2,1-3H3,(H,18,21)(H,19,20). The molecule has 1 aliphatic rings. The number of carbonyl (C=O) groups is 2. The first kappa shape index (κ1) is 15.5. The second-order valence-electron chi connectivity index (χ2n) is 6.99. The molecule has 0 bridgehead atoms. The van der Waals surface area contributed by atoms with Crippen LogP contribution in [0.1, 0.15) is 62.4 Å². The van der Waals surface area contributed by atoms with Gasteiger partial charge in [-0.05, 0) is 42.4 Å². The van der Waals surface area contributed by atoms with Crippen molar-refractivity contribution in [1.29, 1.82) is 0 Å². The van der Waals surface area contributed by atoms with Gasteiger partial charge in [0.05, 0.1) is 12.0 Å². The fraction of sp³-hybridized carbons (Fsp3) is 0.529. The number of hydrogen-bond donors (Lipinski definition) is 2. The van der Waals surface area contributed by atoms with Gasteiger partial charge in [0.2, 0.25) is 0 Å². The van der Waals surface area contributed by atoms with Crippen molar-refractivity contribution in [3.63, 3.8) is 0 Å². The van der Waals surface area contributed by atoms with Crippen LogP contribution in [0.5, 0.6) is 0 Å². The second-order valence-corrected chi connectivity index (χ2v) is 6.99. The lowest BCUT2D eigenvalue weighted by molar-refractivity contribution is -0.139. The average Bonchev–Trinajstić information content (AvgIpc) is 2.34. The van der Waals surface area contributed by atoms with Crippen molar-refractivity contribution in [2.45, 2.75) is 57.4 Å². The molecule has 0 unspecified atom stereocenters. The fourth-order valence-electron chi connectivity index (χ4n) is 2.67. The van der Waals surface area contributed by atoms with Gasteiger partial charge in [-0.15, -0.1) is 0 Å². The van der Waals surface area contributed by atoms with Crippen molar-refractivity contribution >= 4 is 11.9 Å². The summed E-state index contributed by atoms with van der Waals surface area (Å²) >= 11 is 0. The molecule has 4 heteroatoms. The van der Waals surface area contributed by atoms with Crippen LogP contribution >= 0.6 is 0 Å². The van der Waals surface area contributed by atoms with E-state index in [1.54, 1.807) is 0 Å². The van der Waals surface area contributed by atoms with E-state index in [4.69, 9.17) is 5.11 Å². The Hall–Kier alpha value is -1.84. The molecule has 114 valence electrons. The highest BCUT2D eigenvalue weighted by Gasteiger charge is 2.40. The lowest BCUT2D eigenvalue weighted by atomic mass is 9.74. The second kappa shape index (κ2) is 5.51. The molecule has 2 rings (SSSR count). The number of aliphatic carboxylic acids is 1. The van der Waals surface area contributed by atoms with Crippen molar-refractivity contribution in [2.24, 2.45) is 0 Å². The molecule has 0 atom stereocenters. The summed E-state index contributed by atoms with van der Waals surface area (Å²) in [6.45, 7) is 6.37. The zero-order valence-electron chi connectivity index (χ0n) is 12.9. The Morgan fingerprint density at radius 2 is 1.76 bits per heavy atom. The largest absolute Gasteiger partial charge is 0.481 e. The van der Waals surface area contributed by atoms with Gasteiger partial charge in [0, 0.05) is 5.56 Å². The zero-order valence-corrected chi connectivity index (χ0v) is 12.9. The highest BCUT2D eigenvalue weighted by atomic mass is 16.4. The molecule has 1 saturated carbocycles. The van der Waals surface area contributed by atoms with Crippen molar-refractivity contribution in [2.75, 3.05) is 0 Å². The molecule has 1 aromatic carbocycles. The van der Waals surface area contributed by atoms with E-state index in [-0.39, 0.29) is 17.7 Å². The summed E-state index contributed by atoms with van der Waals surface area (Å²) < 4.78 is 0. The summed E-state index contributed by atoms with van der Waals surface area (Å²) in [4.78, 5) is 23.2. The van der Waals surface area contributed by atoms with E-state index in [0.29, 0.717) is 5.56 Å². The normalized spacial score (nSPS) is 16.9. The maximum atomic E-state index is 12.3. The minimum absolute atomic E-state index is 0.00118. The lowest BCUT2D eigenvalue weighted by Gasteiger charge is -2.41. The molecule has 0 spiro atoms. The van der Waals surface area contributed by atoms with Crippen molar-refractivity contribution in [1.82, 2.24) is 5.32 Å². The third kappa shape index (κ3) is 3.63. The Bertz CT molecular complexity index is 536. The molecule has 21 heavy (non-hydrogen) atoms. The number of carbonyl (C=O) groups excluding carboxylic acids is 1. The van der Waals surface area contributed by atoms with Gasteiger partial charge in [-0.3, -0.25) is 9.59 Å². The van der Waals surface area contributed by atoms with Gasteiger partial charge in [-0.1, -0.05) is 32.9 Å². The number of hydrogen-bond acceptors (Lipinski definition) is 2. The zero-order chi connectivity index (χ0) is 15.7. The van der Waals surface area contributed by atoms with Crippen LogP contribution in [0.2, 0.25) is 0 Å². The summed E-state index contributed by atoms with van der Waals surface area (Å²) in [7, 11) is 0. The summed E-state index contributed by atoms with van der Waals surface area (Å²) in [6, 6.07) is 7.53. The van der Waals surface area contributed by atoms with Gasteiger partial charge < -0.3 is 10.4 Å². The van der Waals surface area contributed by atoms with Crippen LogP contribution in [0.25, 0.3) is 0 Å². The van der Waals surface area contributed by atoms with E-state index in [1.807, 2.05) is 24.3 Å². The van der Waals surface area contributed by atoms with Gasteiger partial charge in [0.15, 0.2) is 0 Å². The highest BCUT2D eigenvalue weighted by molar-refractivity contribution is 5.95. The molecule has 0 radical (unpaired) electrons. The molecular formula is C17H23NO3. The van der Waals surface area contributed by atoms with Gasteiger partial charge in [0.25, 0.3) is 5.91 Å². The van der Waals surface area contributed by atoms with Gasteiger partial charge in [0.1, 0.15) is 0 Å². The number of carboxylic acids is 1. The molecule has 0 heterocycles. The van der Waals surface area contributed by atoms with Gasteiger partial charge >= 0.3 is 5.97 Å². The molecule has 0 saturated heterocycles. The molecule has 0 aliphatic heterocycles. The molecule has 0 aromatic heterocycles. The highest BCUT2D eigenvalue weighted by Crippen LogP contribution is 2.35. The summed E-state index contributed by atoms with van der Waals surface area (Å²) in [5, 5.41) is 11.9. The SMILES string of the molecule is CC(C)(C)c1ccc(C(=O)NC2(CC(=O)O)CCC2)cc1. The van der Waals surface area contributed by atoms with E-state index >= 15 is 0 Å². The van der Waals surface area contributed by atoms with Crippen LogP contribution in [0.3, 0.4) is 0 Å². The van der Waals surface area contributed by atoms with Crippen LogP contribution in [0.4, 0.5) is 0 Å². The third-order valence-corrected chi connectivity index (χ3v) is 4.19. The first-order valence-corrected chi connectivity index (χ1v) is 7.37. The fourth-order valence-corrected chi connectivity index (χ4v) is 2.67. The van der Waals surface area contributed by atoms with E-state index in [1.165, 1.54) is 5.56 Å². The van der Waals surface area contributed by atoms with E-state index < -0.39 is 11.5 Å². The average molecular weight is 289 g/mol. The third-order valence-electron chi connectivity index (χ3n) is 4.19.